The van der Waals surface area contributed by atoms with Crippen molar-refractivity contribution in [2.24, 2.45) is 4.36 Å². The lowest BCUT2D eigenvalue weighted by molar-refractivity contribution is 0.676. The molecule has 6 aromatic rings. The smallest absolute Gasteiger partial charge is 0.109 e. The zero-order valence-corrected chi connectivity index (χ0v) is 22.0. The maximum absolute atomic E-state index is 15.1. The molecular weight excluding hydrogens is 494 g/mol. The third-order valence-electron chi connectivity index (χ3n) is 7.26. The summed E-state index contributed by atoms with van der Waals surface area (Å²) in [5.74, 6) is 0. The van der Waals surface area contributed by atoms with Crippen LogP contribution in [0.5, 0.6) is 0 Å². The molecule has 1 aliphatic rings. The van der Waals surface area contributed by atoms with Crippen molar-refractivity contribution < 1.29 is 4.21 Å². The summed E-state index contributed by atoms with van der Waals surface area (Å²) in [5, 5.41) is 0. The quantitative estimate of drug-likeness (QED) is 0.227. The predicted octanol–water partition coefficient (Wildman–Crippen LogP) is 9.89. The summed E-state index contributed by atoms with van der Waals surface area (Å²) in [6.45, 7) is 0. The molecule has 0 spiro atoms. The van der Waals surface area contributed by atoms with E-state index in [0.717, 1.165) is 55.1 Å². The fraction of sp³-hybridized carbons (Fsp3) is 0. The van der Waals surface area contributed by atoms with Crippen molar-refractivity contribution in [2.45, 2.75) is 9.79 Å². The number of benzene rings is 6. The molecule has 0 saturated heterocycles. The molecule has 1 heterocycles. The molecule has 0 N–H and O–H groups in total. The van der Waals surface area contributed by atoms with Crippen LogP contribution in [0.2, 0.25) is 0 Å². The second-order valence-corrected chi connectivity index (χ2v) is 11.8. The van der Waals surface area contributed by atoms with Gasteiger partial charge in [-0.25, -0.2) is 4.21 Å². The molecule has 0 saturated carbocycles. The maximum Gasteiger partial charge on any atom is 0.109 e. The van der Waals surface area contributed by atoms with Crippen molar-refractivity contribution in [3.05, 3.63) is 152 Å². The predicted molar refractivity (Wildman–Crippen MR) is 161 cm³/mol. The Morgan fingerprint density at radius 3 is 1.54 bits per heavy atom. The van der Waals surface area contributed by atoms with Gasteiger partial charge in [0.05, 0.1) is 15.5 Å². The number of nitrogens with zero attached hydrogens (tertiary/aromatic N) is 1. The molecule has 0 radical (unpaired) electrons. The minimum absolute atomic E-state index is 0.716. The largest absolute Gasteiger partial charge is 0.239 e. The van der Waals surface area contributed by atoms with E-state index in [0.29, 0.717) is 4.90 Å². The van der Waals surface area contributed by atoms with Crippen LogP contribution in [0.4, 0.5) is 5.69 Å². The van der Waals surface area contributed by atoms with Gasteiger partial charge in [0.1, 0.15) is 9.73 Å². The van der Waals surface area contributed by atoms with Gasteiger partial charge in [0.15, 0.2) is 0 Å². The monoisotopic (exact) mass is 519 g/mol. The summed E-state index contributed by atoms with van der Waals surface area (Å²) in [5.41, 5.74) is 9.12. The van der Waals surface area contributed by atoms with E-state index in [1.54, 1.807) is 0 Å². The van der Waals surface area contributed by atoms with Gasteiger partial charge in [-0.1, -0.05) is 121 Å². The van der Waals surface area contributed by atoms with Gasteiger partial charge in [-0.3, -0.25) is 0 Å². The topological polar surface area (TPSA) is 29.4 Å². The van der Waals surface area contributed by atoms with Crippen molar-refractivity contribution in [2.75, 3.05) is 0 Å². The third-order valence-corrected chi connectivity index (χ3v) is 9.55. The number of rotatable bonds is 4. The van der Waals surface area contributed by atoms with E-state index in [9.17, 15) is 0 Å². The standard InChI is InChI=1S/C36H25NOS/c38-39(31-19-11-4-12-20-31)35-25-29(26-13-5-1-6-14-26)21-22-32(35)34-24-30(27-15-7-2-8-16-27)23-33(36(34)37-39)28-17-9-3-10-18-28/h1-25H. The summed E-state index contributed by atoms with van der Waals surface area (Å²) in [6.07, 6.45) is 0. The Balaban J connectivity index is 1.58. The van der Waals surface area contributed by atoms with E-state index in [1.165, 1.54) is 0 Å². The van der Waals surface area contributed by atoms with E-state index < -0.39 is 9.73 Å². The van der Waals surface area contributed by atoms with Crippen LogP contribution in [0, 0.1) is 0 Å². The lowest BCUT2D eigenvalue weighted by atomic mass is 9.90. The number of hydrogen-bond donors (Lipinski definition) is 0. The van der Waals surface area contributed by atoms with Crippen LogP contribution in [0.15, 0.2) is 166 Å². The average Bonchev–Trinajstić information content (AvgIpc) is 3.02. The van der Waals surface area contributed by atoms with Crippen molar-refractivity contribution in [3.8, 4) is 44.5 Å². The first-order valence-corrected chi connectivity index (χ1v) is 14.5. The summed E-state index contributed by atoms with van der Waals surface area (Å²) in [4.78, 5) is 1.47. The Kier molecular flexibility index (Phi) is 5.72. The number of hydrogen-bond acceptors (Lipinski definition) is 2. The van der Waals surface area contributed by atoms with Crippen molar-refractivity contribution >= 4 is 15.4 Å². The van der Waals surface area contributed by atoms with E-state index in [4.69, 9.17) is 4.36 Å². The molecule has 1 unspecified atom stereocenters. The van der Waals surface area contributed by atoms with Gasteiger partial charge in [-0.2, -0.15) is 4.36 Å². The molecule has 2 nitrogen and oxygen atoms in total. The second-order valence-electron chi connectivity index (χ2n) is 9.66. The Bertz CT molecular complexity index is 1920. The zero-order chi connectivity index (χ0) is 26.2. The van der Waals surface area contributed by atoms with Gasteiger partial charge in [0.25, 0.3) is 0 Å². The maximum atomic E-state index is 15.1. The molecule has 1 aliphatic heterocycles. The van der Waals surface area contributed by atoms with Crippen LogP contribution in [0.25, 0.3) is 44.5 Å². The number of fused-ring (bicyclic) bond motifs is 3. The molecule has 0 aromatic heterocycles. The van der Waals surface area contributed by atoms with E-state index in [2.05, 4.69) is 78.9 Å². The molecular formula is C36H25NOS. The van der Waals surface area contributed by atoms with Crippen LogP contribution in [0.1, 0.15) is 0 Å². The Labute approximate surface area is 229 Å². The van der Waals surface area contributed by atoms with Crippen LogP contribution < -0.4 is 0 Å². The average molecular weight is 520 g/mol. The second kappa shape index (κ2) is 9.54. The molecule has 0 fully saturated rings. The van der Waals surface area contributed by atoms with Crippen molar-refractivity contribution in [1.29, 1.82) is 0 Å². The van der Waals surface area contributed by atoms with Crippen LogP contribution in [-0.2, 0) is 9.73 Å². The van der Waals surface area contributed by atoms with Crippen LogP contribution >= 0.6 is 0 Å². The minimum atomic E-state index is -2.96. The first-order valence-electron chi connectivity index (χ1n) is 13.0. The normalized spacial score (nSPS) is 15.6. The van der Waals surface area contributed by atoms with Crippen LogP contribution in [0.3, 0.4) is 0 Å². The van der Waals surface area contributed by atoms with Crippen molar-refractivity contribution in [3.63, 3.8) is 0 Å². The van der Waals surface area contributed by atoms with Gasteiger partial charge in [0, 0.05) is 16.7 Å². The third kappa shape index (κ3) is 4.08. The summed E-state index contributed by atoms with van der Waals surface area (Å²) < 4.78 is 20.3. The highest BCUT2D eigenvalue weighted by Gasteiger charge is 2.29. The molecule has 0 aliphatic carbocycles. The van der Waals surface area contributed by atoms with E-state index >= 15 is 4.21 Å². The first-order chi connectivity index (χ1) is 19.2. The lowest BCUT2D eigenvalue weighted by Crippen LogP contribution is -2.08. The fourth-order valence-electron chi connectivity index (χ4n) is 5.32. The summed E-state index contributed by atoms with van der Waals surface area (Å²) in [6, 6.07) is 51.3. The zero-order valence-electron chi connectivity index (χ0n) is 21.2. The van der Waals surface area contributed by atoms with Gasteiger partial charge in [0.2, 0.25) is 0 Å². The first kappa shape index (κ1) is 23.4. The molecule has 186 valence electrons. The van der Waals surface area contributed by atoms with Crippen molar-refractivity contribution in [1.82, 2.24) is 0 Å². The highest BCUT2D eigenvalue weighted by atomic mass is 32.2. The van der Waals surface area contributed by atoms with E-state index in [1.807, 2.05) is 72.8 Å². The Morgan fingerprint density at radius 2 is 0.923 bits per heavy atom. The Hall–Kier alpha value is -4.73. The molecule has 1 atom stereocenters. The highest BCUT2D eigenvalue weighted by molar-refractivity contribution is 7.94. The molecule has 3 heteroatoms. The van der Waals surface area contributed by atoms with Gasteiger partial charge in [-0.05, 0) is 58.1 Å². The summed E-state index contributed by atoms with van der Waals surface area (Å²) in [7, 11) is -2.96. The molecule has 0 amide bonds. The van der Waals surface area contributed by atoms with E-state index in [-0.39, 0.29) is 0 Å². The molecule has 0 bridgehead atoms. The van der Waals surface area contributed by atoms with Gasteiger partial charge >= 0.3 is 0 Å². The minimum Gasteiger partial charge on any atom is -0.239 e. The molecule has 39 heavy (non-hydrogen) atoms. The summed E-state index contributed by atoms with van der Waals surface area (Å²) >= 11 is 0. The van der Waals surface area contributed by atoms with Gasteiger partial charge in [-0.15, -0.1) is 0 Å². The SMILES string of the molecule is O=S1(c2ccccc2)=Nc2c(-c3ccccc3)cc(-c3ccccc3)cc2-c2ccc(-c3ccccc3)cc21. The highest BCUT2D eigenvalue weighted by Crippen LogP contribution is 2.50. The Morgan fingerprint density at radius 1 is 0.410 bits per heavy atom. The lowest BCUT2D eigenvalue weighted by Gasteiger charge is -2.25. The fourth-order valence-corrected chi connectivity index (χ4v) is 7.52. The van der Waals surface area contributed by atoms with Crippen LogP contribution in [-0.4, -0.2) is 4.21 Å². The molecule has 6 aromatic carbocycles. The molecule has 7 rings (SSSR count). The van der Waals surface area contributed by atoms with Gasteiger partial charge < -0.3 is 0 Å².